The Bertz CT molecular complexity index is 947. The highest BCUT2D eigenvalue weighted by Gasteiger charge is 2.46. The molecule has 0 N–H and O–H groups in total. The average molecular weight is 575 g/mol. The first kappa shape index (κ1) is 30.2. The molecular weight excluding hydrogens is 529 g/mol. The van der Waals surface area contributed by atoms with E-state index in [9.17, 15) is 0 Å². The molecule has 4 rings (SSSR count). The lowest BCUT2D eigenvalue weighted by Crippen LogP contribution is -2.55. The van der Waals surface area contributed by atoms with Crippen molar-refractivity contribution in [3.63, 3.8) is 0 Å². The zero-order valence-corrected chi connectivity index (χ0v) is 26.4. The Morgan fingerprint density at radius 1 is 0.842 bits per heavy atom. The Morgan fingerprint density at radius 2 is 1.45 bits per heavy atom. The van der Waals surface area contributed by atoms with Crippen LogP contribution in [0.25, 0.3) is 0 Å². The molecule has 0 radical (unpaired) electrons. The van der Waals surface area contributed by atoms with E-state index in [2.05, 4.69) is 106 Å². The fourth-order valence-corrected chi connectivity index (χ4v) is 8.95. The minimum atomic E-state index is -1.99. The third-order valence-electron chi connectivity index (χ3n) is 7.92. The Labute approximate surface area is 240 Å². The van der Waals surface area contributed by atoms with Crippen LogP contribution in [0.15, 0.2) is 60.7 Å². The van der Waals surface area contributed by atoms with E-state index in [0.717, 1.165) is 12.8 Å². The number of ether oxygens (including phenoxy) is 3. The molecule has 2 saturated heterocycles. The molecule has 0 unspecified atom stereocenters. The molecule has 38 heavy (non-hydrogen) atoms. The van der Waals surface area contributed by atoms with Gasteiger partial charge in [-0.1, -0.05) is 81.4 Å². The maximum atomic E-state index is 7.08. The molecule has 2 fully saturated rings. The summed E-state index contributed by atoms with van der Waals surface area (Å²) in [5.74, 6) is 2.48. The molecule has 0 spiro atoms. The molecule has 2 aliphatic rings. The van der Waals surface area contributed by atoms with Gasteiger partial charge in [0.1, 0.15) is 6.10 Å². The number of hydrogen-bond donors (Lipinski definition) is 0. The molecule has 0 bridgehead atoms. The number of benzene rings is 2. The fourth-order valence-electron chi connectivity index (χ4n) is 4.65. The van der Waals surface area contributed by atoms with Crippen LogP contribution in [0.3, 0.4) is 0 Å². The van der Waals surface area contributed by atoms with Crippen LogP contribution < -0.4 is 0 Å². The summed E-state index contributed by atoms with van der Waals surface area (Å²) in [4.78, 5) is 0. The second-order valence-electron chi connectivity index (χ2n) is 12.0. The quantitative estimate of drug-likeness (QED) is 0.254. The highest BCUT2D eigenvalue weighted by molar-refractivity contribution is 8.17. The van der Waals surface area contributed by atoms with Crippen molar-refractivity contribution in [2.75, 3.05) is 18.1 Å². The molecule has 4 nitrogen and oxygen atoms in total. The van der Waals surface area contributed by atoms with Gasteiger partial charge in [-0.3, -0.25) is 0 Å². The van der Waals surface area contributed by atoms with Crippen LogP contribution >= 0.6 is 23.5 Å². The maximum Gasteiger partial charge on any atom is 0.192 e. The van der Waals surface area contributed by atoms with Gasteiger partial charge < -0.3 is 18.6 Å². The lowest BCUT2D eigenvalue weighted by molar-refractivity contribution is -0.199. The highest BCUT2D eigenvalue weighted by Crippen LogP contribution is 2.42. The molecule has 2 heterocycles. The van der Waals surface area contributed by atoms with Crippen molar-refractivity contribution < 1.29 is 18.6 Å². The summed E-state index contributed by atoms with van der Waals surface area (Å²) in [6.07, 6.45) is 3.03. The van der Waals surface area contributed by atoms with Crippen molar-refractivity contribution in [1.82, 2.24) is 0 Å². The van der Waals surface area contributed by atoms with Crippen molar-refractivity contribution in [3.05, 3.63) is 71.8 Å². The summed E-state index contributed by atoms with van der Waals surface area (Å²) in [7, 11) is -1.99. The zero-order valence-electron chi connectivity index (χ0n) is 23.8. The second-order valence-corrected chi connectivity index (χ2v) is 19.6. The summed E-state index contributed by atoms with van der Waals surface area (Å²) in [5, 5.41) is 0.141. The molecule has 7 heteroatoms. The summed E-state index contributed by atoms with van der Waals surface area (Å²) in [5.41, 5.74) is 2.35. The van der Waals surface area contributed by atoms with Crippen molar-refractivity contribution in [1.29, 1.82) is 0 Å². The molecular formula is C31H46O4S2Si. The van der Waals surface area contributed by atoms with E-state index in [-0.39, 0.29) is 29.5 Å². The van der Waals surface area contributed by atoms with Crippen LogP contribution in [-0.4, -0.2) is 55.4 Å². The minimum Gasteiger partial charge on any atom is -0.411 e. The summed E-state index contributed by atoms with van der Waals surface area (Å²) in [6.45, 7) is 13.3. The lowest BCUT2D eigenvalue weighted by atomic mass is 9.96. The third-order valence-corrected chi connectivity index (χ3v) is 15.4. The van der Waals surface area contributed by atoms with Crippen molar-refractivity contribution in [2.45, 2.75) is 100 Å². The van der Waals surface area contributed by atoms with Crippen LogP contribution in [0.2, 0.25) is 18.1 Å². The zero-order chi connectivity index (χ0) is 27.0. The van der Waals surface area contributed by atoms with Gasteiger partial charge in [-0.15, -0.1) is 23.5 Å². The standard InChI is InChI=1S/C31H46O4S2Si/c1-31(2,3)38(4,5)35-28-19-26(33-22-25-15-10-7-11-16-25)29(23-32-21-24-13-8-6-9-14-24)34-27(28)20-30-36-17-12-18-37-30/h6-11,13-16,26-30H,12,17-23H2,1-5H3/t26-,27-,28+,29+/m0/s1. The third kappa shape index (κ3) is 8.85. The number of rotatable bonds is 11. The van der Waals surface area contributed by atoms with Crippen LogP contribution in [0.1, 0.15) is 51.2 Å². The predicted molar refractivity (Wildman–Crippen MR) is 164 cm³/mol. The van der Waals surface area contributed by atoms with Gasteiger partial charge in [-0.05, 0) is 53.6 Å². The normalized spacial score (nSPS) is 25.4. The van der Waals surface area contributed by atoms with Crippen LogP contribution in [0, 0.1) is 0 Å². The largest absolute Gasteiger partial charge is 0.411 e. The fraction of sp³-hybridized carbons (Fsp3) is 0.613. The summed E-state index contributed by atoms with van der Waals surface area (Å²) < 4.78 is 27.4. The number of thioether (sulfide) groups is 2. The van der Waals surface area contributed by atoms with Gasteiger partial charge in [0.25, 0.3) is 0 Å². The molecule has 2 aromatic carbocycles. The van der Waals surface area contributed by atoms with E-state index < -0.39 is 8.32 Å². The van der Waals surface area contributed by atoms with Crippen molar-refractivity contribution in [3.8, 4) is 0 Å². The Hall–Kier alpha value is -0.803. The topological polar surface area (TPSA) is 36.9 Å². The molecule has 210 valence electrons. The minimum absolute atomic E-state index is 0.0326. The Balaban J connectivity index is 1.50. The first-order chi connectivity index (χ1) is 18.2. The average Bonchev–Trinajstić information content (AvgIpc) is 2.90. The molecule has 0 aromatic heterocycles. The van der Waals surface area contributed by atoms with Crippen LogP contribution in [-0.2, 0) is 31.9 Å². The summed E-state index contributed by atoms with van der Waals surface area (Å²) >= 11 is 4.17. The van der Waals surface area contributed by atoms with Gasteiger partial charge in [0.2, 0.25) is 0 Å². The van der Waals surface area contributed by atoms with Gasteiger partial charge >= 0.3 is 0 Å². The van der Waals surface area contributed by atoms with E-state index in [1.54, 1.807) is 0 Å². The number of hydrogen-bond acceptors (Lipinski definition) is 6. The maximum absolute atomic E-state index is 7.08. The van der Waals surface area contributed by atoms with Gasteiger partial charge in [-0.2, -0.15) is 0 Å². The van der Waals surface area contributed by atoms with Crippen molar-refractivity contribution in [2.24, 2.45) is 0 Å². The SMILES string of the molecule is CC(C)(C)[Si](C)(C)O[C@@H]1C[C@H](OCc2ccccc2)[C@@H](COCc2ccccc2)O[C@H]1CC1SCCCS1. The van der Waals surface area contributed by atoms with Gasteiger partial charge in [0.15, 0.2) is 8.32 Å². The molecule has 2 aliphatic heterocycles. The highest BCUT2D eigenvalue weighted by atomic mass is 32.2. The van der Waals surface area contributed by atoms with E-state index in [0.29, 0.717) is 24.4 Å². The van der Waals surface area contributed by atoms with Gasteiger partial charge in [-0.25, -0.2) is 0 Å². The van der Waals surface area contributed by atoms with Crippen LogP contribution in [0.5, 0.6) is 0 Å². The van der Waals surface area contributed by atoms with E-state index in [1.165, 1.54) is 29.1 Å². The molecule has 2 aromatic rings. The Kier molecular flexibility index (Phi) is 11.3. The van der Waals surface area contributed by atoms with E-state index >= 15 is 0 Å². The molecule has 0 aliphatic carbocycles. The van der Waals surface area contributed by atoms with Gasteiger partial charge in [0.05, 0.1) is 42.7 Å². The molecule has 0 saturated carbocycles. The van der Waals surface area contributed by atoms with Gasteiger partial charge in [0, 0.05) is 6.42 Å². The first-order valence-corrected chi connectivity index (χ1v) is 19.1. The van der Waals surface area contributed by atoms with E-state index in [4.69, 9.17) is 18.6 Å². The van der Waals surface area contributed by atoms with Crippen molar-refractivity contribution >= 4 is 31.8 Å². The van der Waals surface area contributed by atoms with Crippen LogP contribution in [0.4, 0.5) is 0 Å². The molecule has 4 atom stereocenters. The monoisotopic (exact) mass is 574 g/mol. The Morgan fingerprint density at radius 3 is 2.05 bits per heavy atom. The first-order valence-electron chi connectivity index (χ1n) is 14.0. The molecule has 0 amide bonds. The summed E-state index contributed by atoms with van der Waals surface area (Å²) in [6, 6.07) is 20.8. The second kappa shape index (κ2) is 14.2. The predicted octanol–water partition coefficient (Wildman–Crippen LogP) is 7.92. The van der Waals surface area contributed by atoms with E-state index in [1.807, 2.05) is 12.1 Å². The lowest BCUT2D eigenvalue weighted by Gasteiger charge is -2.47. The smallest absolute Gasteiger partial charge is 0.192 e.